The lowest BCUT2D eigenvalue weighted by atomic mass is 10.1. The van der Waals surface area contributed by atoms with E-state index in [1.165, 1.54) is 0 Å². The molecule has 1 aliphatic rings. The highest BCUT2D eigenvalue weighted by molar-refractivity contribution is 6.03. The van der Waals surface area contributed by atoms with Crippen molar-refractivity contribution in [1.82, 2.24) is 10.1 Å². The molecule has 2 aromatic carbocycles. The third-order valence-corrected chi connectivity index (χ3v) is 4.83. The summed E-state index contributed by atoms with van der Waals surface area (Å²) in [4.78, 5) is 30.9. The monoisotopic (exact) mass is 376 g/mol. The molecule has 7 heteroatoms. The fourth-order valence-corrected chi connectivity index (χ4v) is 3.34. The molecule has 1 atom stereocenters. The van der Waals surface area contributed by atoms with Gasteiger partial charge < -0.3 is 14.7 Å². The Morgan fingerprint density at radius 1 is 1.14 bits per heavy atom. The van der Waals surface area contributed by atoms with E-state index in [-0.39, 0.29) is 24.2 Å². The second-order valence-corrected chi connectivity index (χ2v) is 6.91. The van der Waals surface area contributed by atoms with Gasteiger partial charge in [0.2, 0.25) is 11.8 Å². The number of carbonyl (C=O) groups excluding carboxylic acids is 2. The van der Waals surface area contributed by atoms with E-state index >= 15 is 0 Å². The van der Waals surface area contributed by atoms with Crippen LogP contribution in [0.4, 0.5) is 11.4 Å². The third-order valence-electron chi connectivity index (χ3n) is 4.83. The Balaban J connectivity index is 1.43. The molecule has 0 spiro atoms. The average molecular weight is 376 g/mol. The van der Waals surface area contributed by atoms with Gasteiger partial charge in [0.15, 0.2) is 5.82 Å². The van der Waals surface area contributed by atoms with Crippen LogP contribution in [0.2, 0.25) is 0 Å². The lowest BCUT2D eigenvalue weighted by Crippen LogP contribution is -2.28. The molecular formula is C21H20N4O3. The molecule has 7 nitrogen and oxygen atoms in total. The van der Waals surface area contributed by atoms with Gasteiger partial charge >= 0.3 is 0 Å². The molecule has 0 aliphatic carbocycles. The van der Waals surface area contributed by atoms with Crippen LogP contribution in [0.15, 0.2) is 53.1 Å². The second kappa shape index (κ2) is 7.26. The predicted molar refractivity (Wildman–Crippen MR) is 105 cm³/mol. The van der Waals surface area contributed by atoms with Crippen molar-refractivity contribution in [3.05, 3.63) is 59.9 Å². The van der Waals surface area contributed by atoms with Crippen molar-refractivity contribution in [3.63, 3.8) is 0 Å². The van der Waals surface area contributed by atoms with Crippen molar-refractivity contribution < 1.29 is 14.1 Å². The van der Waals surface area contributed by atoms with Gasteiger partial charge in [0.05, 0.1) is 5.92 Å². The van der Waals surface area contributed by atoms with Gasteiger partial charge in [-0.15, -0.1) is 0 Å². The fraction of sp³-hybridized carbons (Fsp3) is 0.238. The molecule has 1 aromatic heterocycles. The Bertz CT molecular complexity index is 1030. The topological polar surface area (TPSA) is 88.3 Å². The van der Waals surface area contributed by atoms with Gasteiger partial charge in [0.1, 0.15) is 0 Å². The second-order valence-electron chi connectivity index (χ2n) is 6.91. The number of aromatic nitrogens is 2. The van der Waals surface area contributed by atoms with E-state index in [4.69, 9.17) is 4.52 Å². The minimum atomic E-state index is -0.384. The van der Waals surface area contributed by atoms with Crippen LogP contribution in [0.3, 0.4) is 0 Å². The van der Waals surface area contributed by atoms with Crippen LogP contribution in [0, 0.1) is 19.8 Å². The Hall–Kier alpha value is -3.48. The summed E-state index contributed by atoms with van der Waals surface area (Å²) in [6.45, 7) is 4.10. The van der Waals surface area contributed by atoms with Gasteiger partial charge in [0.25, 0.3) is 5.89 Å². The van der Waals surface area contributed by atoms with Crippen LogP contribution in [-0.2, 0) is 9.59 Å². The minimum absolute atomic E-state index is 0.0310. The predicted octanol–water partition coefficient (Wildman–Crippen LogP) is 3.35. The summed E-state index contributed by atoms with van der Waals surface area (Å²) < 4.78 is 5.14. The van der Waals surface area contributed by atoms with E-state index in [9.17, 15) is 9.59 Å². The highest BCUT2D eigenvalue weighted by Gasteiger charge is 2.35. The molecule has 28 heavy (non-hydrogen) atoms. The first-order valence-electron chi connectivity index (χ1n) is 9.09. The third kappa shape index (κ3) is 3.51. The summed E-state index contributed by atoms with van der Waals surface area (Å²) in [5, 5.41) is 6.66. The normalized spacial score (nSPS) is 16.4. The van der Waals surface area contributed by atoms with E-state index < -0.39 is 0 Å². The highest BCUT2D eigenvalue weighted by atomic mass is 16.5. The molecule has 1 aliphatic heterocycles. The molecule has 3 aromatic rings. The average Bonchev–Trinajstić information content (AvgIpc) is 3.29. The molecule has 4 rings (SSSR count). The van der Waals surface area contributed by atoms with Gasteiger partial charge in [-0.2, -0.15) is 4.98 Å². The SMILES string of the molecule is Cc1noc(-c2ccc(NC(=O)[C@H]3CC(=O)N(c4ccccc4C)C3)cc2)n1. The van der Waals surface area contributed by atoms with Crippen molar-refractivity contribution in [2.24, 2.45) is 5.92 Å². The number of para-hydroxylation sites is 1. The zero-order valence-corrected chi connectivity index (χ0v) is 15.7. The Morgan fingerprint density at radius 2 is 1.89 bits per heavy atom. The van der Waals surface area contributed by atoms with Crippen molar-refractivity contribution in [2.75, 3.05) is 16.8 Å². The zero-order chi connectivity index (χ0) is 19.7. The number of carbonyl (C=O) groups is 2. The summed E-state index contributed by atoms with van der Waals surface area (Å²) in [5.74, 6) is 0.426. The summed E-state index contributed by atoms with van der Waals surface area (Å²) in [5.41, 5.74) is 3.32. The van der Waals surface area contributed by atoms with Crippen LogP contribution in [-0.4, -0.2) is 28.5 Å². The maximum Gasteiger partial charge on any atom is 0.257 e. The lowest BCUT2D eigenvalue weighted by Gasteiger charge is -2.19. The summed E-state index contributed by atoms with van der Waals surface area (Å²) in [6, 6.07) is 14.9. The molecule has 0 bridgehead atoms. The number of rotatable bonds is 4. The highest BCUT2D eigenvalue weighted by Crippen LogP contribution is 2.28. The first-order valence-corrected chi connectivity index (χ1v) is 9.09. The summed E-state index contributed by atoms with van der Waals surface area (Å²) in [6.07, 6.45) is 0.208. The molecule has 0 unspecified atom stereocenters. The van der Waals surface area contributed by atoms with Gasteiger partial charge in [-0.3, -0.25) is 9.59 Å². The molecular weight excluding hydrogens is 356 g/mol. The van der Waals surface area contributed by atoms with E-state index in [1.54, 1.807) is 24.0 Å². The van der Waals surface area contributed by atoms with Gasteiger partial charge in [-0.1, -0.05) is 23.4 Å². The molecule has 1 saturated heterocycles. The van der Waals surface area contributed by atoms with Crippen LogP contribution < -0.4 is 10.2 Å². The summed E-state index contributed by atoms with van der Waals surface area (Å²) in [7, 11) is 0. The quantitative estimate of drug-likeness (QED) is 0.754. The van der Waals surface area contributed by atoms with E-state index in [2.05, 4.69) is 15.5 Å². The maximum absolute atomic E-state index is 12.6. The Kier molecular flexibility index (Phi) is 4.65. The van der Waals surface area contributed by atoms with Gasteiger partial charge in [-0.25, -0.2) is 0 Å². The lowest BCUT2D eigenvalue weighted by molar-refractivity contribution is -0.122. The molecule has 0 saturated carbocycles. The summed E-state index contributed by atoms with van der Waals surface area (Å²) >= 11 is 0. The van der Waals surface area contributed by atoms with Gasteiger partial charge in [-0.05, 0) is 49.7 Å². The minimum Gasteiger partial charge on any atom is -0.334 e. The van der Waals surface area contributed by atoms with Crippen LogP contribution in [0.25, 0.3) is 11.5 Å². The molecule has 1 N–H and O–H groups in total. The Morgan fingerprint density at radius 3 is 2.57 bits per heavy atom. The smallest absolute Gasteiger partial charge is 0.257 e. The first kappa shape index (κ1) is 17.9. The van der Waals surface area contributed by atoms with Crippen LogP contribution in [0.1, 0.15) is 17.8 Å². The number of aryl methyl sites for hydroxylation is 2. The maximum atomic E-state index is 12.6. The van der Waals surface area contributed by atoms with Crippen molar-refractivity contribution >= 4 is 23.2 Å². The standard InChI is InChI=1S/C21H20N4O3/c1-13-5-3-4-6-18(13)25-12-16(11-19(25)26)20(27)23-17-9-7-15(8-10-17)21-22-14(2)24-28-21/h3-10,16H,11-12H2,1-2H3,(H,23,27)/t16-/m0/s1. The van der Waals surface area contributed by atoms with E-state index in [0.29, 0.717) is 23.9 Å². The molecule has 1 fully saturated rings. The number of hydrogen-bond donors (Lipinski definition) is 1. The number of nitrogens with zero attached hydrogens (tertiary/aromatic N) is 3. The van der Waals surface area contributed by atoms with Gasteiger partial charge in [0, 0.05) is 29.9 Å². The fourth-order valence-electron chi connectivity index (χ4n) is 3.34. The zero-order valence-electron chi connectivity index (χ0n) is 15.7. The molecule has 2 heterocycles. The first-order chi connectivity index (χ1) is 13.5. The number of anilines is 2. The Labute approximate surface area is 162 Å². The number of nitrogens with one attached hydrogen (secondary N) is 1. The number of benzene rings is 2. The van der Waals surface area contributed by atoms with Crippen molar-refractivity contribution in [1.29, 1.82) is 0 Å². The largest absolute Gasteiger partial charge is 0.334 e. The van der Waals surface area contributed by atoms with E-state index in [1.807, 2.05) is 43.3 Å². The molecule has 2 amide bonds. The molecule has 0 radical (unpaired) electrons. The van der Waals surface area contributed by atoms with Crippen molar-refractivity contribution in [2.45, 2.75) is 20.3 Å². The van der Waals surface area contributed by atoms with Crippen LogP contribution >= 0.6 is 0 Å². The van der Waals surface area contributed by atoms with E-state index in [0.717, 1.165) is 16.8 Å². The van der Waals surface area contributed by atoms with Crippen molar-refractivity contribution in [3.8, 4) is 11.5 Å². The molecule has 142 valence electrons. The number of amides is 2. The number of hydrogen-bond acceptors (Lipinski definition) is 5. The van der Waals surface area contributed by atoms with Crippen LogP contribution in [0.5, 0.6) is 0 Å².